The SMILES string of the molecule is C#CCOc1c(Cl)cc(C[C@@H]2SC(=S)N(Cc3cccnc3)C2=O)cc1OC. The highest BCUT2D eigenvalue weighted by atomic mass is 35.5. The number of carbonyl (C=O) groups is 1. The summed E-state index contributed by atoms with van der Waals surface area (Å²) in [4.78, 5) is 18.6. The summed E-state index contributed by atoms with van der Waals surface area (Å²) in [5, 5.41) is 0.0669. The average molecular weight is 433 g/mol. The fourth-order valence-electron chi connectivity index (χ4n) is 2.80. The van der Waals surface area contributed by atoms with E-state index in [1.165, 1.54) is 18.9 Å². The minimum Gasteiger partial charge on any atom is -0.493 e. The molecule has 1 aliphatic rings. The number of hydrogen-bond acceptors (Lipinski definition) is 6. The largest absolute Gasteiger partial charge is 0.493 e. The zero-order valence-corrected chi connectivity index (χ0v) is 17.4. The third-order valence-corrected chi connectivity index (χ3v) is 5.94. The molecule has 8 heteroatoms. The topological polar surface area (TPSA) is 51.7 Å². The number of aromatic nitrogens is 1. The molecule has 28 heavy (non-hydrogen) atoms. The van der Waals surface area contributed by atoms with Crippen LogP contribution in [-0.2, 0) is 17.8 Å². The second kappa shape index (κ2) is 9.28. The van der Waals surface area contributed by atoms with Crippen LogP contribution in [0, 0.1) is 12.3 Å². The van der Waals surface area contributed by atoms with E-state index in [2.05, 4.69) is 10.9 Å². The van der Waals surface area contributed by atoms with Crippen molar-refractivity contribution < 1.29 is 14.3 Å². The number of benzene rings is 1. The Morgan fingerprint density at radius 1 is 1.43 bits per heavy atom. The maximum atomic E-state index is 12.9. The van der Waals surface area contributed by atoms with Crippen molar-refractivity contribution in [2.24, 2.45) is 0 Å². The molecule has 0 spiro atoms. The summed E-state index contributed by atoms with van der Waals surface area (Å²) in [6, 6.07) is 7.32. The first-order valence-electron chi connectivity index (χ1n) is 8.37. The van der Waals surface area contributed by atoms with E-state index < -0.39 is 0 Å². The van der Waals surface area contributed by atoms with Gasteiger partial charge in [0.1, 0.15) is 10.9 Å². The highest BCUT2D eigenvalue weighted by molar-refractivity contribution is 8.24. The molecule has 0 aliphatic carbocycles. The first kappa shape index (κ1) is 20.5. The molecular formula is C20H17ClN2O3S2. The van der Waals surface area contributed by atoms with Gasteiger partial charge in [-0.2, -0.15) is 0 Å². The van der Waals surface area contributed by atoms with E-state index in [-0.39, 0.29) is 17.8 Å². The van der Waals surface area contributed by atoms with Crippen molar-refractivity contribution in [2.45, 2.75) is 18.2 Å². The van der Waals surface area contributed by atoms with Gasteiger partial charge in [-0.15, -0.1) is 6.42 Å². The average Bonchev–Trinajstić information content (AvgIpc) is 2.95. The Morgan fingerprint density at radius 3 is 2.93 bits per heavy atom. The van der Waals surface area contributed by atoms with E-state index in [1.807, 2.05) is 12.1 Å². The van der Waals surface area contributed by atoms with Crippen LogP contribution >= 0.6 is 35.6 Å². The fourth-order valence-corrected chi connectivity index (χ4v) is 4.62. The first-order valence-corrected chi connectivity index (χ1v) is 10.0. The number of thioether (sulfide) groups is 1. The standard InChI is InChI=1S/C20H17ClN2O3S2/c1-3-7-26-18-15(21)8-14(9-16(18)25-2)10-17-19(24)23(20(27)28-17)12-13-5-4-6-22-11-13/h1,4-6,8-9,11,17H,7,10,12H2,2H3/t17-/m0/s1. The number of methoxy groups -OCH3 is 1. The third kappa shape index (κ3) is 4.58. The lowest BCUT2D eigenvalue weighted by molar-refractivity contribution is -0.126. The van der Waals surface area contributed by atoms with Gasteiger partial charge < -0.3 is 9.47 Å². The van der Waals surface area contributed by atoms with Gasteiger partial charge in [0.05, 0.1) is 23.9 Å². The van der Waals surface area contributed by atoms with Gasteiger partial charge in [0.15, 0.2) is 11.5 Å². The molecule has 5 nitrogen and oxygen atoms in total. The predicted molar refractivity (Wildman–Crippen MR) is 115 cm³/mol. The number of pyridine rings is 1. The van der Waals surface area contributed by atoms with E-state index in [1.54, 1.807) is 29.4 Å². The van der Waals surface area contributed by atoms with Crippen LogP contribution in [0.25, 0.3) is 0 Å². The highest BCUT2D eigenvalue weighted by Gasteiger charge is 2.37. The van der Waals surface area contributed by atoms with Crippen LogP contribution < -0.4 is 9.47 Å². The van der Waals surface area contributed by atoms with Crippen molar-refractivity contribution in [1.82, 2.24) is 9.88 Å². The van der Waals surface area contributed by atoms with E-state index in [0.717, 1.165) is 11.1 Å². The van der Waals surface area contributed by atoms with Gasteiger partial charge in [-0.3, -0.25) is 14.7 Å². The molecule has 0 bridgehead atoms. The van der Waals surface area contributed by atoms with Gasteiger partial charge in [-0.25, -0.2) is 0 Å². The molecule has 1 atom stereocenters. The van der Waals surface area contributed by atoms with Crippen LogP contribution in [0.5, 0.6) is 11.5 Å². The predicted octanol–water partition coefficient (Wildman–Crippen LogP) is 3.73. The van der Waals surface area contributed by atoms with Crippen molar-refractivity contribution in [2.75, 3.05) is 13.7 Å². The summed E-state index contributed by atoms with van der Waals surface area (Å²) >= 11 is 13.1. The first-order chi connectivity index (χ1) is 13.5. The van der Waals surface area contributed by atoms with Crippen LogP contribution in [0.3, 0.4) is 0 Å². The van der Waals surface area contributed by atoms with Gasteiger partial charge in [-0.1, -0.05) is 47.6 Å². The Labute approximate surface area is 178 Å². The van der Waals surface area contributed by atoms with Gasteiger partial charge in [-0.05, 0) is 35.7 Å². The Bertz CT molecular complexity index is 931. The number of rotatable bonds is 7. The lowest BCUT2D eigenvalue weighted by Gasteiger charge is -2.16. The zero-order chi connectivity index (χ0) is 20.1. The molecule has 1 saturated heterocycles. The van der Waals surface area contributed by atoms with E-state index in [4.69, 9.17) is 39.7 Å². The lowest BCUT2D eigenvalue weighted by Crippen LogP contribution is -2.31. The summed E-state index contributed by atoms with van der Waals surface area (Å²) in [5.41, 5.74) is 1.78. The van der Waals surface area contributed by atoms with Crippen molar-refractivity contribution in [3.63, 3.8) is 0 Å². The maximum Gasteiger partial charge on any atom is 0.242 e. The van der Waals surface area contributed by atoms with Crippen LogP contribution in [0.4, 0.5) is 0 Å². The molecule has 2 heterocycles. The lowest BCUT2D eigenvalue weighted by atomic mass is 10.1. The molecule has 2 aromatic rings. The summed E-state index contributed by atoms with van der Waals surface area (Å²) in [6.45, 7) is 0.502. The van der Waals surface area contributed by atoms with E-state index in [0.29, 0.717) is 33.8 Å². The summed E-state index contributed by atoms with van der Waals surface area (Å²) < 4.78 is 11.4. The van der Waals surface area contributed by atoms with Crippen LogP contribution in [-0.4, -0.2) is 39.1 Å². The Balaban J connectivity index is 1.75. The summed E-state index contributed by atoms with van der Waals surface area (Å²) in [7, 11) is 1.53. The molecule has 3 rings (SSSR count). The van der Waals surface area contributed by atoms with E-state index >= 15 is 0 Å². The number of terminal acetylenes is 1. The number of halogens is 1. The number of ether oxygens (including phenoxy) is 2. The Kier molecular flexibility index (Phi) is 6.79. The molecule has 1 aromatic heterocycles. The molecule has 1 fully saturated rings. The number of nitrogens with zero attached hydrogens (tertiary/aromatic N) is 2. The van der Waals surface area contributed by atoms with Crippen LogP contribution in [0.2, 0.25) is 5.02 Å². The van der Waals surface area contributed by atoms with Gasteiger partial charge in [0.25, 0.3) is 0 Å². The van der Waals surface area contributed by atoms with Gasteiger partial charge in [0.2, 0.25) is 5.91 Å². The smallest absolute Gasteiger partial charge is 0.242 e. The van der Waals surface area contributed by atoms with Crippen molar-refractivity contribution >= 4 is 45.8 Å². The van der Waals surface area contributed by atoms with E-state index in [9.17, 15) is 4.79 Å². The molecule has 1 amide bonds. The summed E-state index contributed by atoms with van der Waals surface area (Å²) in [6.07, 6.45) is 9.13. The highest BCUT2D eigenvalue weighted by Crippen LogP contribution is 2.38. The van der Waals surface area contributed by atoms with Gasteiger partial charge in [0, 0.05) is 12.4 Å². The molecule has 0 saturated carbocycles. The number of carbonyl (C=O) groups excluding carboxylic acids is 1. The summed E-state index contributed by atoms with van der Waals surface area (Å²) in [5.74, 6) is 3.24. The maximum absolute atomic E-state index is 12.9. The quantitative estimate of drug-likeness (QED) is 0.491. The van der Waals surface area contributed by atoms with Crippen molar-refractivity contribution in [3.05, 3.63) is 52.8 Å². The molecule has 0 radical (unpaired) electrons. The zero-order valence-electron chi connectivity index (χ0n) is 15.1. The Hall–Kier alpha value is -2.27. The molecule has 1 aromatic carbocycles. The monoisotopic (exact) mass is 432 g/mol. The number of hydrogen-bond donors (Lipinski definition) is 0. The Morgan fingerprint density at radius 2 is 2.25 bits per heavy atom. The minimum absolute atomic E-state index is 0.0263. The normalized spacial score (nSPS) is 16.2. The molecule has 0 unspecified atom stereocenters. The number of amides is 1. The second-order valence-electron chi connectivity index (χ2n) is 5.96. The van der Waals surface area contributed by atoms with Gasteiger partial charge >= 0.3 is 0 Å². The van der Waals surface area contributed by atoms with Crippen LogP contribution in [0.1, 0.15) is 11.1 Å². The molecule has 144 valence electrons. The fraction of sp³-hybridized carbons (Fsp3) is 0.250. The minimum atomic E-state index is -0.317. The van der Waals surface area contributed by atoms with Crippen molar-refractivity contribution in [1.29, 1.82) is 0 Å². The van der Waals surface area contributed by atoms with Crippen LogP contribution in [0.15, 0.2) is 36.7 Å². The van der Waals surface area contributed by atoms with Crippen molar-refractivity contribution in [3.8, 4) is 23.8 Å². The third-order valence-electron chi connectivity index (χ3n) is 4.08. The molecule has 0 N–H and O–H groups in total. The molecule has 1 aliphatic heterocycles. The second-order valence-corrected chi connectivity index (χ2v) is 8.21. The molecular weight excluding hydrogens is 416 g/mol. The number of thiocarbonyl (C=S) groups is 1.